The smallest absolute Gasteiger partial charge is 0.256 e. The van der Waals surface area contributed by atoms with Gasteiger partial charge in [0.15, 0.2) is 5.82 Å². The van der Waals surface area contributed by atoms with Crippen LogP contribution < -0.4 is 10.1 Å². The second-order valence-corrected chi connectivity index (χ2v) is 9.32. The highest BCUT2D eigenvalue weighted by atomic mass is 19.3. The molecule has 4 aromatic rings. The Morgan fingerprint density at radius 2 is 2.11 bits per heavy atom. The second-order valence-electron chi connectivity index (χ2n) is 9.32. The zero-order valence-electron chi connectivity index (χ0n) is 20.0. The Kier molecular flexibility index (Phi) is 6.11. The fourth-order valence-corrected chi connectivity index (χ4v) is 5.02. The number of imidazole rings is 1. The van der Waals surface area contributed by atoms with Gasteiger partial charge in [0, 0.05) is 24.8 Å². The maximum Gasteiger partial charge on any atom is 0.256 e. The van der Waals surface area contributed by atoms with Crippen molar-refractivity contribution in [2.45, 2.75) is 37.6 Å². The van der Waals surface area contributed by atoms with Gasteiger partial charge in [0.25, 0.3) is 6.43 Å². The van der Waals surface area contributed by atoms with Crippen molar-refractivity contribution in [2.75, 3.05) is 38.7 Å². The van der Waals surface area contributed by atoms with Gasteiger partial charge in [0.2, 0.25) is 11.8 Å². The van der Waals surface area contributed by atoms with Crippen LogP contribution >= 0.6 is 0 Å². The summed E-state index contributed by atoms with van der Waals surface area (Å²) in [6.07, 6.45) is -0.268. The number of nitrogens with one attached hydrogen (secondary N) is 1. The van der Waals surface area contributed by atoms with Gasteiger partial charge in [-0.25, -0.2) is 27.1 Å². The first-order valence-electron chi connectivity index (χ1n) is 12.0. The number of hydrogen-bond acceptors (Lipinski definition) is 7. The number of hydrogen-bond donors (Lipinski definition) is 1. The fourth-order valence-electron chi connectivity index (χ4n) is 5.02. The zero-order chi connectivity index (χ0) is 25.7. The molecule has 0 unspecified atom stereocenters. The van der Waals surface area contributed by atoms with Crippen molar-refractivity contribution in [3.63, 3.8) is 0 Å². The fraction of sp³-hybridized carbons (Fsp3) is 0.458. The molecule has 6 rings (SSSR count). The number of fused-ring (bicyclic) bond motifs is 2. The Morgan fingerprint density at radius 1 is 1.27 bits per heavy atom. The number of alkyl halides is 3. The SMILES string of the molecule is COc1nc(N[C@@H]2CCN(C3COC3)C[C@H]2F)nn2ccc(-c3cc(F)c4ncn(CC(F)F)c4c3)c12. The van der Waals surface area contributed by atoms with Crippen LogP contribution in [-0.2, 0) is 11.3 Å². The topological polar surface area (TPSA) is 81.7 Å². The summed E-state index contributed by atoms with van der Waals surface area (Å²) in [5.41, 5.74) is 1.71. The van der Waals surface area contributed by atoms with E-state index in [0.29, 0.717) is 42.8 Å². The number of likely N-dealkylation sites (tertiary alicyclic amines) is 1. The average Bonchev–Trinajstić information content (AvgIpc) is 3.43. The van der Waals surface area contributed by atoms with Crippen LogP contribution in [0.3, 0.4) is 0 Å². The zero-order valence-corrected chi connectivity index (χ0v) is 20.0. The van der Waals surface area contributed by atoms with Crippen molar-refractivity contribution in [3.8, 4) is 17.0 Å². The van der Waals surface area contributed by atoms with Gasteiger partial charge in [-0.2, -0.15) is 4.98 Å². The molecule has 1 aromatic carbocycles. The van der Waals surface area contributed by atoms with Gasteiger partial charge in [0.05, 0.1) is 50.8 Å². The highest BCUT2D eigenvalue weighted by molar-refractivity contribution is 5.90. The lowest BCUT2D eigenvalue weighted by atomic mass is 10.0. The molecule has 3 aromatic heterocycles. The van der Waals surface area contributed by atoms with Crippen LogP contribution in [0.5, 0.6) is 5.88 Å². The Morgan fingerprint density at radius 3 is 2.81 bits per heavy atom. The Bertz CT molecular complexity index is 1440. The van der Waals surface area contributed by atoms with Crippen molar-refractivity contribution in [3.05, 3.63) is 36.5 Å². The van der Waals surface area contributed by atoms with Crippen molar-refractivity contribution in [1.82, 2.24) is 29.0 Å². The summed E-state index contributed by atoms with van der Waals surface area (Å²) in [6.45, 7) is 1.75. The summed E-state index contributed by atoms with van der Waals surface area (Å²) < 4.78 is 69.3. The molecule has 0 aliphatic carbocycles. The minimum absolute atomic E-state index is 0.0132. The van der Waals surface area contributed by atoms with E-state index in [-0.39, 0.29) is 28.9 Å². The molecule has 37 heavy (non-hydrogen) atoms. The summed E-state index contributed by atoms with van der Waals surface area (Å²) in [7, 11) is 1.45. The number of benzene rings is 1. The lowest BCUT2D eigenvalue weighted by Crippen LogP contribution is -2.57. The summed E-state index contributed by atoms with van der Waals surface area (Å²) in [4.78, 5) is 10.5. The molecule has 2 aliphatic rings. The minimum Gasteiger partial charge on any atom is -0.479 e. The average molecular weight is 520 g/mol. The van der Waals surface area contributed by atoms with E-state index in [1.807, 2.05) is 0 Å². The first-order chi connectivity index (χ1) is 17.9. The molecule has 2 aliphatic heterocycles. The van der Waals surface area contributed by atoms with E-state index < -0.39 is 31.0 Å². The number of methoxy groups -OCH3 is 1. The molecule has 2 fully saturated rings. The maximum absolute atomic E-state index is 14.9. The normalized spacial score (nSPS) is 21.1. The Balaban J connectivity index is 1.31. The van der Waals surface area contributed by atoms with Crippen molar-refractivity contribution >= 4 is 22.5 Å². The number of nitrogens with zero attached hydrogens (tertiary/aromatic N) is 6. The highest BCUT2D eigenvalue weighted by Crippen LogP contribution is 2.34. The molecule has 13 heteroatoms. The van der Waals surface area contributed by atoms with Gasteiger partial charge in [-0.1, -0.05) is 0 Å². The Labute approximate surface area is 209 Å². The van der Waals surface area contributed by atoms with Crippen molar-refractivity contribution in [1.29, 1.82) is 0 Å². The van der Waals surface area contributed by atoms with Crippen LogP contribution in [0.25, 0.3) is 27.7 Å². The second kappa shape index (κ2) is 9.45. The third kappa shape index (κ3) is 4.35. The summed E-state index contributed by atoms with van der Waals surface area (Å²) in [5, 5.41) is 7.57. The molecule has 2 saturated heterocycles. The number of aromatic nitrogens is 5. The summed E-state index contributed by atoms with van der Waals surface area (Å²) in [6, 6.07) is 4.42. The molecule has 0 spiro atoms. The number of ether oxygens (including phenoxy) is 2. The number of rotatable bonds is 7. The molecular weight excluding hydrogens is 494 g/mol. The van der Waals surface area contributed by atoms with E-state index in [9.17, 15) is 17.6 Å². The molecular formula is C24H25F4N7O2. The molecule has 0 bridgehead atoms. The van der Waals surface area contributed by atoms with Gasteiger partial charge < -0.3 is 19.4 Å². The van der Waals surface area contributed by atoms with Crippen LogP contribution in [0.1, 0.15) is 6.42 Å². The predicted molar refractivity (Wildman–Crippen MR) is 127 cm³/mol. The van der Waals surface area contributed by atoms with Gasteiger partial charge in [-0.05, 0) is 30.2 Å². The van der Waals surface area contributed by atoms with E-state index in [1.165, 1.54) is 28.6 Å². The predicted octanol–water partition coefficient (Wildman–Crippen LogP) is 3.38. The maximum atomic E-state index is 14.9. The molecule has 0 amide bonds. The first kappa shape index (κ1) is 23.9. The van der Waals surface area contributed by atoms with E-state index >= 15 is 0 Å². The van der Waals surface area contributed by atoms with Crippen molar-refractivity contribution in [2.24, 2.45) is 0 Å². The number of piperidine rings is 1. The molecule has 5 heterocycles. The van der Waals surface area contributed by atoms with E-state index in [4.69, 9.17) is 9.47 Å². The van der Waals surface area contributed by atoms with Crippen LogP contribution in [0.15, 0.2) is 30.7 Å². The molecule has 0 saturated carbocycles. The van der Waals surface area contributed by atoms with Gasteiger partial charge >= 0.3 is 0 Å². The van der Waals surface area contributed by atoms with E-state index in [2.05, 4.69) is 25.3 Å². The van der Waals surface area contributed by atoms with Crippen LogP contribution in [0, 0.1) is 5.82 Å². The standard InChI is InChI=1S/C24H25F4N7O2/c1-36-23-22-15(13-6-16(25)21-19(7-13)34(12-29-21)9-20(27)28)2-5-35(22)32-24(31-23)30-18-3-4-33(8-17(18)26)14-10-37-11-14/h2,5-7,12,14,17-18,20H,3-4,8-11H2,1H3,(H,30,32)/t17-,18-/m1/s1. The van der Waals surface area contributed by atoms with Crippen molar-refractivity contribution < 1.29 is 27.0 Å². The van der Waals surface area contributed by atoms with Gasteiger partial charge in [0.1, 0.15) is 17.2 Å². The Hall–Kier alpha value is -3.45. The highest BCUT2D eigenvalue weighted by Gasteiger charge is 2.35. The van der Waals surface area contributed by atoms with Gasteiger partial charge in [-0.3, -0.25) is 4.90 Å². The summed E-state index contributed by atoms with van der Waals surface area (Å²) in [5.74, 6) is -0.221. The largest absolute Gasteiger partial charge is 0.479 e. The minimum atomic E-state index is -2.61. The quantitative estimate of drug-likeness (QED) is 0.375. The lowest BCUT2D eigenvalue weighted by molar-refractivity contribution is -0.0794. The molecule has 1 N–H and O–H groups in total. The molecule has 9 nitrogen and oxygen atoms in total. The van der Waals surface area contributed by atoms with Gasteiger partial charge in [-0.15, -0.1) is 5.10 Å². The van der Waals surface area contributed by atoms with E-state index in [0.717, 1.165) is 6.54 Å². The van der Waals surface area contributed by atoms with Crippen LogP contribution in [-0.4, -0.2) is 87.1 Å². The summed E-state index contributed by atoms with van der Waals surface area (Å²) >= 11 is 0. The molecule has 2 atom stereocenters. The molecule has 196 valence electrons. The van der Waals surface area contributed by atoms with E-state index in [1.54, 1.807) is 18.3 Å². The molecule has 0 radical (unpaired) electrons. The number of halogens is 4. The van der Waals surface area contributed by atoms with Crippen LogP contribution in [0.2, 0.25) is 0 Å². The lowest BCUT2D eigenvalue weighted by Gasteiger charge is -2.42. The third-order valence-electron chi connectivity index (χ3n) is 7.02. The third-order valence-corrected chi connectivity index (χ3v) is 7.02. The monoisotopic (exact) mass is 519 g/mol. The number of anilines is 1. The first-order valence-corrected chi connectivity index (χ1v) is 12.0. The van der Waals surface area contributed by atoms with Crippen LogP contribution in [0.4, 0.5) is 23.5 Å².